The van der Waals surface area contributed by atoms with E-state index < -0.39 is 0 Å². The van der Waals surface area contributed by atoms with E-state index in [1.807, 2.05) is 25.1 Å². The van der Waals surface area contributed by atoms with Crippen LogP contribution in [0.25, 0.3) is 0 Å². The van der Waals surface area contributed by atoms with E-state index in [-0.39, 0.29) is 6.04 Å². The Morgan fingerprint density at radius 3 is 2.67 bits per heavy atom. The Labute approximate surface area is 135 Å². The van der Waals surface area contributed by atoms with Crippen LogP contribution < -0.4 is 10.1 Å². The summed E-state index contributed by atoms with van der Waals surface area (Å²) in [6, 6.07) is 7.26. The number of halogens is 2. The Hall–Kier alpha value is -1.16. The highest BCUT2D eigenvalue weighted by molar-refractivity contribution is 6.34. The van der Waals surface area contributed by atoms with Gasteiger partial charge in [-0.3, -0.25) is 0 Å². The van der Waals surface area contributed by atoms with Crippen LogP contribution in [-0.2, 0) is 0 Å². The van der Waals surface area contributed by atoms with Crippen molar-refractivity contribution in [3.63, 3.8) is 0 Å². The second-order valence-electron chi connectivity index (χ2n) is 4.64. The van der Waals surface area contributed by atoms with Crippen molar-refractivity contribution in [1.82, 2.24) is 5.32 Å². The molecule has 0 saturated heterocycles. The van der Waals surface area contributed by atoms with E-state index in [0.717, 1.165) is 24.3 Å². The fraction of sp³-hybridized carbons (Fsp3) is 0.375. The summed E-state index contributed by atoms with van der Waals surface area (Å²) < 4.78 is 11.0. The third-order valence-corrected chi connectivity index (χ3v) is 3.71. The summed E-state index contributed by atoms with van der Waals surface area (Å²) >= 11 is 12.7. The van der Waals surface area contributed by atoms with Crippen LogP contribution in [0.15, 0.2) is 34.9 Å². The van der Waals surface area contributed by atoms with Crippen molar-refractivity contribution in [2.24, 2.45) is 0 Å². The molecular weight excluding hydrogens is 309 g/mol. The first-order valence-electron chi connectivity index (χ1n) is 7.05. The number of ether oxygens (including phenoxy) is 1. The van der Waals surface area contributed by atoms with Crippen LogP contribution >= 0.6 is 23.2 Å². The molecule has 1 atom stereocenters. The van der Waals surface area contributed by atoms with Crippen LogP contribution in [0, 0.1) is 0 Å². The predicted octanol–water partition coefficient (Wildman–Crippen LogP) is 5.07. The van der Waals surface area contributed by atoms with E-state index in [0.29, 0.717) is 22.4 Å². The van der Waals surface area contributed by atoms with E-state index in [9.17, 15) is 0 Å². The zero-order valence-electron chi connectivity index (χ0n) is 12.2. The zero-order chi connectivity index (χ0) is 15.2. The largest absolute Gasteiger partial charge is 0.492 e. The number of benzene rings is 1. The minimum atomic E-state index is -0.124. The summed E-state index contributed by atoms with van der Waals surface area (Å²) in [5.74, 6) is 1.41. The van der Waals surface area contributed by atoms with Crippen LogP contribution in [-0.4, -0.2) is 13.2 Å². The molecule has 0 saturated carbocycles. The molecule has 0 fully saturated rings. The zero-order valence-corrected chi connectivity index (χ0v) is 13.7. The highest BCUT2D eigenvalue weighted by Gasteiger charge is 2.21. The second kappa shape index (κ2) is 7.74. The van der Waals surface area contributed by atoms with Crippen LogP contribution in [0.5, 0.6) is 5.75 Å². The second-order valence-corrected chi connectivity index (χ2v) is 5.45. The van der Waals surface area contributed by atoms with E-state index in [2.05, 4.69) is 12.2 Å². The monoisotopic (exact) mass is 327 g/mol. The quantitative estimate of drug-likeness (QED) is 0.770. The Morgan fingerprint density at radius 1 is 1.24 bits per heavy atom. The molecule has 0 amide bonds. The van der Waals surface area contributed by atoms with Gasteiger partial charge in [-0.15, -0.1) is 0 Å². The molecule has 3 nitrogen and oxygen atoms in total. The lowest BCUT2D eigenvalue weighted by atomic mass is 10.0. The highest BCUT2D eigenvalue weighted by Crippen LogP contribution is 2.36. The maximum Gasteiger partial charge on any atom is 0.139 e. The van der Waals surface area contributed by atoms with Gasteiger partial charge in [-0.25, -0.2) is 0 Å². The number of furan rings is 1. The van der Waals surface area contributed by atoms with Gasteiger partial charge in [-0.2, -0.15) is 0 Å². The van der Waals surface area contributed by atoms with Crippen molar-refractivity contribution in [3.05, 3.63) is 51.9 Å². The molecule has 1 unspecified atom stereocenters. The van der Waals surface area contributed by atoms with E-state index in [1.165, 1.54) is 0 Å². The minimum Gasteiger partial charge on any atom is -0.492 e. The van der Waals surface area contributed by atoms with E-state index in [1.54, 1.807) is 12.3 Å². The molecular formula is C16H19Cl2NO2. The maximum absolute atomic E-state index is 6.41. The van der Waals surface area contributed by atoms with E-state index >= 15 is 0 Å². The third-order valence-electron chi connectivity index (χ3n) is 3.09. The summed E-state index contributed by atoms with van der Waals surface area (Å²) in [5.41, 5.74) is 0.883. The Morgan fingerprint density at radius 2 is 2.05 bits per heavy atom. The Balaban J connectivity index is 2.38. The molecule has 0 aliphatic carbocycles. The summed E-state index contributed by atoms with van der Waals surface area (Å²) in [7, 11) is 0. The molecule has 1 aromatic heterocycles. The van der Waals surface area contributed by atoms with Crippen molar-refractivity contribution in [3.8, 4) is 5.75 Å². The van der Waals surface area contributed by atoms with Crippen molar-refractivity contribution in [2.75, 3.05) is 13.2 Å². The Kier molecular flexibility index (Phi) is 5.97. The van der Waals surface area contributed by atoms with Gasteiger partial charge in [0.1, 0.15) is 11.5 Å². The fourth-order valence-corrected chi connectivity index (χ4v) is 2.63. The number of nitrogens with one attached hydrogen (secondary N) is 1. The predicted molar refractivity (Wildman–Crippen MR) is 86.5 cm³/mol. The van der Waals surface area contributed by atoms with Gasteiger partial charge in [-0.1, -0.05) is 30.1 Å². The molecule has 21 heavy (non-hydrogen) atoms. The van der Waals surface area contributed by atoms with Gasteiger partial charge in [-0.05, 0) is 43.7 Å². The molecule has 0 bridgehead atoms. The van der Waals surface area contributed by atoms with Crippen LogP contribution in [0.3, 0.4) is 0 Å². The van der Waals surface area contributed by atoms with Crippen molar-refractivity contribution < 1.29 is 9.15 Å². The van der Waals surface area contributed by atoms with Crippen LogP contribution in [0.1, 0.15) is 37.6 Å². The number of rotatable bonds is 7. The summed E-state index contributed by atoms with van der Waals surface area (Å²) in [4.78, 5) is 0. The topological polar surface area (TPSA) is 34.4 Å². The summed E-state index contributed by atoms with van der Waals surface area (Å²) in [6.45, 7) is 5.42. The molecule has 5 heteroatoms. The number of hydrogen-bond donors (Lipinski definition) is 1. The average Bonchev–Trinajstić information content (AvgIpc) is 2.98. The molecule has 1 aromatic carbocycles. The Bertz CT molecular complexity index is 570. The van der Waals surface area contributed by atoms with Gasteiger partial charge in [0.2, 0.25) is 0 Å². The minimum absolute atomic E-state index is 0.124. The highest BCUT2D eigenvalue weighted by atomic mass is 35.5. The summed E-state index contributed by atoms with van der Waals surface area (Å²) in [5, 5.41) is 4.58. The molecule has 0 aliphatic heterocycles. The first-order chi connectivity index (χ1) is 10.2. The first-order valence-corrected chi connectivity index (χ1v) is 7.81. The normalized spacial score (nSPS) is 12.4. The van der Waals surface area contributed by atoms with Crippen LogP contribution in [0.4, 0.5) is 0 Å². The SMILES string of the molecule is CCCNC(c1ccco1)c1cc(Cl)c(OCC)cc1Cl. The maximum atomic E-state index is 6.41. The van der Waals surface area contributed by atoms with Crippen molar-refractivity contribution >= 4 is 23.2 Å². The van der Waals surface area contributed by atoms with Gasteiger partial charge in [0.25, 0.3) is 0 Å². The van der Waals surface area contributed by atoms with Crippen molar-refractivity contribution in [2.45, 2.75) is 26.3 Å². The average molecular weight is 328 g/mol. The first kappa shape index (κ1) is 16.2. The summed E-state index contributed by atoms with van der Waals surface area (Å²) in [6.07, 6.45) is 2.67. The number of hydrogen-bond acceptors (Lipinski definition) is 3. The fourth-order valence-electron chi connectivity index (χ4n) is 2.14. The van der Waals surface area contributed by atoms with Crippen LogP contribution in [0.2, 0.25) is 10.0 Å². The van der Waals surface area contributed by atoms with Gasteiger partial charge >= 0.3 is 0 Å². The lowest BCUT2D eigenvalue weighted by Gasteiger charge is -2.19. The molecule has 0 spiro atoms. The van der Waals surface area contributed by atoms with Gasteiger partial charge in [0, 0.05) is 11.1 Å². The molecule has 1 N–H and O–H groups in total. The molecule has 2 aromatic rings. The standard InChI is InChI=1S/C16H19Cl2NO2/c1-3-7-19-16(14-6-5-8-21-14)11-9-13(18)15(20-4-2)10-12(11)17/h5-6,8-10,16,19H,3-4,7H2,1-2H3. The smallest absolute Gasteiger partial charge is 0.139 e. The van der Waals surface area contributed by atoms with Crippen molar-refractivity contribution in [1.29, 1.82) is 0 Å². The third kappa shape index (κ3) is 3.94. The van der Waals surface area contributed by atoms with E-state index in [4.69, 9.17) is 32.4 Å². The van der Waals surface area contributed by atoms with Gasteiger partial charge in [0.15, 0.2) is 0 Å². The van der Waals surface area contributed by atoms with Gasteiger partial charge < -0.3 is 14.5 Å². The van der Waals surface area contributed by atoms with Gasteiger partial charge in [0.05, 0.1) is 23.9 Å². The molecule has 2 rings (SSSR count). The molecule has 1 heterocycles. The molecule has 114 valence electrons. The lowest BCUT2D eigenvalue weighted by molar-refractivity contribution is 0.340. The lowest BCUT2D eigenvalue weighted by Crippen LogP contribution is -2.23. The molecule has 0 aliphatic rings. The molecule has 0 radical (unpaired) electrons.